The van der Waals surface area contributed by atoms with Gasteiger partial charge in [-0.2, -0.15) is 0 Å². The fourth-order valence-corrected chi connectivity index (χ4v) is 7.94. The second-order valence-corrected chi connectivity index (χ2v) is 15.5. The third-order valence-electron chi connectivity index (χ3n) is 11.3. The molecule has 0 amide bonds. The highest BCUT2D eigenvalue weighted by molar-refractivity contribution is 5.69. The highest BCUT2D eigenvalue weighted by Gasteiger charge is 2.32. The average Bonchev–Trinajstić information content (AvgIpc) is 4.01. The summed E-state index contributed by atoms with van der Waals surface area (Å²) in [5, 5.41) is 24.3. The summed E-state index contributed by atoms with van der Waals surface area (Å²) >= 11 is 0. The van der Waals surface area contributed by atoms with Crippen molar-refractivity contribution in [1.82, 2.24) is 60.0 Å². The van der Waals surface area contributed by atoms with E-state index < -0.39 is 0 Å². The Bertz CT molecular complexity index is 2190. The van der Waals surface area contributed by atoms with Crippen molar-refractivity contribution in [3.63, 3.8) is 0 Å². The quantitative estimate of drug-likeness (QED) is 0.125. The molecular weight excluding hydrogens is 809 g/mol. The van der Waals surface area contributed by atoms with Gasteiger partial charge in [0.1, 0.15) is 13.1 Å². The Balaban J connectivity index is 0.000000191. The number of benzene rings is 4. The van der Waals surface area contributed by atoms with Crippen LogP contribution in [0.15, 0.2) is 133 Å². The number of aromatic nitrogens is 8. The summed E-state index contributed by atoms with van der Waals surface area (Å²) < 4.78 is 12.7. The minimum absolute atomic E-state index is 0.00753. The summed E-state index contributed by atoms with van der Waals surface area (Å²) in [5.74, 6) is 0.554. The van der Waals surface area contributed by atoms with Gasteiger partial charge in [-0.3, -0.25) is 29.2 Å². The third kappa shape index (κ3) is 12.7. The first-order valence-electron chi connectivity index (χ1n) is 21.6. The van der Waals surface area contributed by atoms with E-state index in [0.717, 1.165) is 76.6 Å². The lowest BCUT2D eigenvalue weighted by molar-refractivity contribution is -0.142. The summed E-state index contributed by atoms with van der Waals surface area (Å²) in [6.45, 7) is 9.11. The van der Waals surface area contributed by atoms with E-state index in [0.29, 0.717) is 11.6 Å². The van der Waals surface area contributed by atoms with E-state index in [2.05, 4.69) is 148 Å². The maximum Gasteiger partial charge on any atom is 0.327 e. The molecule has 64 heavy (non-hydrogen) atoms. The van der Waals surface area contributed by atoms with Crippen LogP contribution in [-0.4, -0.2) is 152 Å². The summed E-state index contributed by atoms with van der Waals surface area (Å²) in [5.41, 5.74) is 4.64. The van der Waals surface area contributed by atoms with E-state index in [1.54, 1.807) is 9.36 Å². The fourth-order valence-electron chi connectivity index (χ4n) is 7.94. The van der Waals surface area contributed by atoms with Crippen LogP contribution in [-0.2, 0) is 32.2 Å². The molecule has 4 aromatic carbocycles. The van der Waals surface area contributed by atoms with Crippen LogP contribution in [0.4, 0.5) is 0 Å². The molecule has 0 bridgehead atoms. The molecule has 0 saturated carbocycles. The minimum Gasteiger partial charge on any atom is -0.468 e. The Labute approximate surface area is 374 Å². The lowest BCUT2D eigenvalue weighted by atomic mass is 10.0. The number of ether oxygens (including phenoxy) is 2. The van der Waals surface area contributed by atoms with Crippen molar-refractivity contribution in [2.24, 2.45) is 0 Å². The van der Waals surface area contributed by atoms with Gasteiger partial charge in [0, 0.05) is 65.4 Å². The number of nitrogens with zero attached hydrogens (tertiary/aromatic N) is 12. The molecule has 2 aromatic heterocycles. The van der Waals surface area contributed by atoms with E-state index >= 15 is 0 Å². The standard InChI is InChI=1S/2C24H28N6O2/c2*1-32-22(31)19-30-24(25-26-27-30)23(21-12-6-3-7-13-21)29-17-15-28(16-18-29)14-8-11-20-9-4-2-5-10-20/h2*2-13,23H,14-19H2,1H3/b2*11-8+/t2*23-/m10/s1. The van der Waals surface area contributed by atoms with Crippen LogP contribution >= 0.6 is 0 Å². The molecule has 0 unspecified atom stereocenters. The van der Waals surface area contributed by atoms with Crippen LogP contribution in [0.5, 0.6) is 0 Å². The highest BCUT2D eigenvalue weighted by Crippen LogP contribution is 2.29. The molecule has 16 heteroatoms. The molecule has 2 atom stereocenters. The van der Waals surface area contributed by atoms with E-state index in [-0.39, 0.29) is 37.1 Å². The highest BCUT2D eigenvalue weighted by atomic mass is 16.5. The van der Waals surface area contributed by atoms with Gasteiger partial charge in [-0.25, -0.2) is 9.36 Å². The van der Waals surface area contributed by atoms with Gasteiger partial charge in [-0.15, -0.1) is 10.2 Å². The largest absolute Gasteiger partial charge is 0.468 e. The third-order valence-corrected chi connectivity index (χ3v) is 11.3. The Morgan fingerprint density at radius 3 is 1.20 bits per heavy atom. The maximum absolute atomic E-state index is 11.8. The lowest BCUT2D eigenvalue weighted by Gasteiger charge is -2.38. The zero-order chi connectivity index (χ0) is 44.4. The van der Waals surface area contributed by atoms with E-state index in [1.165, 1.54) is 25.3 Å². The number of rotatable bonds is 16. The van der Waals surface area contributed by atoms with Crippen LogP contribution in [0.3, 0.4) is 0 Å². The Morgan fingerprint density at radius 1 is 0.516 bits per heavy atom. The average molecular weight is 865 g/mol. The summed E-state index contributed by atoms with van der Waals surface area (Å²) in [7, 11) is 2.74. The molecule has 2 fully saturated rings. The van der Waals surface area contributed by atoms with Gasteiger partial charge in [0.05, 0.1) is 26.3 Å². The number of carbonyl (C=O) groups excluding carboxylic acids is 2. The summed E-state index contributed by atoms with van der Waals surface area (Å²) in [4.78, 5) is 33.3. The molecule has 332 valence electrons. The van der Waals surface area contributed by atoms with Crippen molar-refractivity contribution in [2.75, 3.05) is 79.7 Å². The number of piperazine rings is 2. The molecule has 4 heterocycles. The molecule has 0 aliphatic carbocycles. The molecule has 6 aromatic rings. The Hall–Kier alpha value is -6.72. The van der Waals surface area contributed by atoms with Crippen LogP contribution < -0.4 is 0 Å². The SMILES string of the molecule is COC(=O)Cn1nnnc1[C@@H](c1ccccc1)N1CCN(C/C=C/c2ccccc2)CC1.COC(=O)Cn1nnnc1[C@H](c1ccccc1)N1CCN(C/C=C/c2ccccc2)CC1. The van der Waals surface area contributed by atoms with E-state index in [4.69, 9.17) is 9.47 Å². The first-order chi connectivity index (χ1) is 31.5. The second-order valence-electron chi connectivity index (χ2n) is 15.5. The van der Waals surface area contributed by atoms with Gasteiger partial charge in [0.15, 0.2) is 11.6 Å². The smallest absolute Gasteiger partial charge is 0.327 e. The molecule has 0 N–H and O–H groups in total. The lowest BCUT2D eigenvalue weighted by Crippen LogP contribution is -2.48. The van der Waals surface area contributed by atoms with Gasteiger partial charge in [0.25, 0.3) is 0 Å². The van der Waals surface area contributed by atoms with E-state index in [1.807, 2.05) is 48.5 Å². The van der Waals surface area contributed by atoms with Crippen LogP contribution in [0.1, 0.15) is 46.0 Å². The van der Waals surface area contributed by atoms with Gasteiger partial charge in [0.2, 0.25) is 0 Å². The van der Waals surface area contributed by atoms with Crippen molar-refractivity contribution in [3.8, 4) is 0 Å². The molecule has 0 spiro atoms. The molecule has 2 aliphatic heterocycles. The molecule has 2 aliphatic rings. The van der Waals surface area contributed by atoms with Gasteiger partial charge >= 0.3 is 11.9 Å². The van der Waals surface area contributed by atoms with Crippen LogP contribution in [0.2, 0.25) is 0 Å². The van der Waals surface area contributed by atoms with Crippen molar-refractivity contribution < 1.29 is 19.1 Å². The number of hydrogen-bond acceptors (Lipinski definition) is 14. The summed E-state index contributed by atoms with van der Waals surface area (Å²) in [6.07, 6.45) is 8.77. The Morgan fingerprint density at radius 2 is 0.859 bits per heavy atom. The molecule has 0 radical (unpaired) electrons. The first-order valence-corrected chi connectivity index (χ1v) is 21.6. The summed E-state index contributed by atoms with van der Waals surface area (Å²) in [6, 6.07) is 40.8. The normalized spacial score (nSPS) is 16.3. The zero-order valence-electron chi connectivity index (χ0n) is 36.5. The minimum atomic E-state index is -0.375. The number of hydrogen-bond donors (Lipinski definition) is 0. The molecule has 2 saturated heterocycles. The first kappa shape index (κ1) is 45.3. The fraction of sp³-hybridized carbons (Fsp3) is 0.333. The predicted molar refractivity (Wildman–Crippen MR) is 243 cm³/mol. The van der Waals surface area contributed by atoms with Crippen LogP contribution in [0.25, 0.3) is 12.2 Å². The topological polar surface area (TPSA) is 153 Å². The van der Waals surface area contributed by atoms with Crippen molar-refractivity contribution >= 4 is 24.1 Å². The van der Waals surface area contributed by atoms with Crippen molar-refractivity contribution in [1.29, 1.82) is 0 Å². The second kappa shape index (κ2) is 23.6. The van der Waals surface area contributed by atoms with Crippen LogP contribution in [0, 0.1) is 0 Å². The monoisotopic (exact) mass is 864 g/mol. The molecule has 16 nitrogen and oxygen atoms in total. The number of tetrazole rings is 2. The van der Waals surface area contributed by atoms with E-state index in [9.17, 15) is 9.59 Å². The van der Waals surface area contributed by atoms with Gasteiger partial charge in [-0.1, -0.05) is 146 Å². The number of esters is 2. The predicted octanol–water partition coefficient (Wildman–Crippen LogP) is 4.53. The number of carbonyl (C=O) groups is 2. The Kier molecular flexibility index (Phi) is 16.7. The van der Waals surface area contributed by atoms with Crippen molar-refractivity contribution in [2.45, 2.75) is 25.2 Å². The molecular formula is C48H56N12O4. The van der Waals surface area contributed by atoms with Gasteiger partial charge in [-0.05, 0) is 43.1 Å². The van der Waals surface area contributed by atoms with Crippen molar-refractivity contribution in [3.05, 3.63) is 167 Å². The zero-order valence-corrected chi connectivity index (χ0v) is 36.5. The number of methoxy groups -OCH3 is 2. The maximum atomic E-state index is 11.8. The van der Waals surface area contributed by atoms with Gasteiger partial charge < -0.3 is 9.47 Å². The molecule has 8 rings (SSSR count).